The number of carbonyl (C=O) groups is 1. The molecule has 0 fully saturated rings. The molecule has 0 saturated carbocycles. The maximum absolute atomic E-state index is 11.3. The van der Waals surface area contributed by atoms with E-state index in [1.165, 1.54) is 11.1 Å². The van der Waals surface area contributed by atoms with Gasteiger partial charge in [-0.1, -0.05) is 37.6 Å². The van der Waals surface area contributed by atoms with Gasteiger partial charge in [-0.3, -0.25) is 4.79 Å². The molecule has 0 aliphatic heterocycles. The Kier molecular flexibility index (Phi) is 6.33. The summed E-state index contributed by atoms with van der Waals surface area (Å²) in [6.45, 7) is 5.65. The largest absolute Gasteiger partial charge is 0.465 e. The molecule has 0 saturated heterocycles. The lowest BCUT2D eigenvalue weighted by molar-refractivity contribution is -0.142. The average molecular weight is 235 g/mol. The first kappa shape index (κ1) is 13.7. The van der Waals surface area contributed by atoms with Crippen LogP contribution >= 0.6 is 0 Å². The molecule has 0 aromatic heterocycles. The lowest BCUT2D eigenvalue weighted by Crippen LogP contribution is -2.24. The normalized spacial score (nSPS) is 10.2. The van der Waals surface area contributed by atoms with Crippen LogP contribution in [0.25, 0.3) is 0 Å². The minimum absolute atomic E-state index is 0.174. The van der Waals surface area contributed by atoms with Gasteiger partial charge in [-0.15, -0.1) is 0 Å². The van der Waals surface area contributed by atoms with E-state index in [2.05, 4.69) is 31.3 Å². The number of hydrogen-bond acceptors (Lipinski definition) is 3. The molecule has 1 rings (SSSR count). The highest BCUT2D eigenvalue weighted by Crippen LogP contribution is 2.05. The van der Waals surface area contributed by atoms with Gasteiger partial charge < -0.3 is 10.1 Å². The molecule has 0 atom stereocenters. The molecular formula is C14H21NO2. The monoisotopic (exact) mass is 235 g/mol. The van der Waals surface area contributed by atoms with Crippen molar-refractivity contribution in [3.8, 4) is 0 Å². The third-order valence-electron chi connectivity index (χ3n) is 2.61. The Morgan fingerprint density at radius 3 is 2.82 bits per heavy atom. The zero-order valence-electron chi connectivity index (χ0n) is 10.7. The highest BCUT2D eigenvalue weighted by Gasteiger charge is 2.02. The predicted octanol–water partition coefficient (Wildman–Crippen LogP) is 2.43. The van der Waals surface area contributed by atoms with Gasteiger partial charge in [0.1, 0.15) is 0 Å². The number of unbranched alkanes of at least 4 members (excludes halogenated alkanes) is 1. The zero-order valence-corrected chi connectivity index (χ0v) is 10.7. The summed E-state index contributed by atoms with van der Waals surface area (Å²) < 4.78 is 5.05. The number of rotatable bonds is 7. The van der Waals surface area contributed by atoms with Crippen LogP contribution in [0, 0.1) is 6.92 Å². The van der Waals surface area contributed by atoms with Crippen molar-refractivity contribution in [1.82, 2.24) is 5.32 Å². The van der Waals surface area contributed by atoms with E-state index < -0.39 is 0 Å². The Bertz CT molecular complexity index is 350. The van der Waals surface area contributed by atoms with Crippen LogP contribution < -0.4 is 5.32 Å². The average Bonchev–Trinajstić information content (AvgIpc) is 2.32. The molecule has 94 valence electrons. The van der Waals surface area contributed by atoms with E-state index >= 15 is 0 Å². The Morgan fingerprint density at radius 1 is 1.35 bits per heavy atom. The van der Waals surface area contributed by atoms with Crippen LogP contribution in [-0.2, 0) is 16.1 Å². The van der Waals surface area contributed by atoms with Crippen molar-refractivity contribution < 1.29 is 9.53 Å². The molecule has 3 nitrogen and oxygen atoms in total. The van der Waals surface area contributed by atoms with Crippen LogP contribution in [0.5, 0.6) is 0 Å². The summed E-state index contributed by atoms with van der Waals surface area (Å²) in [6, 6.07) is 8.14. The summed E-state index contributed by atoms with van der Waals surface area (Å²) in [5.74, 6) is -0.174. The number of hydrogen-bond donors (Lipinski definition) is 1. The van der Waals surface area contributed by atoms with Gasteiger partial charge in [-0.05, 0) is 24.5 Å². The van der Waals surface area contributed by atoms with Crippen LogP contribution in [0.15, 0.2) is 24.3 Å². The molecule has 0 amide bonds. The van der Waals surface area contributed by atoms with Gasteiger partial charge in [0.05, 0.1) is 13.2 Å². The third kappa shape index (κ3) is 5.50. The van der Waals surface area contributed by atoms with Crippen molar-refractivity contribution in [3.63, 3.8) is 0 Å². The molecular weight excluding hydrogens is 214 g/mol. The number of ether oxygens (including phenoxy) is 1. The van der Waals surface area contributed by atoms with E-state index in [1.807, 2.05) is 12.1 Å². The molecule has 1 N–H and O–H groups in total. The standard InChI is InChI=1S/C14H21NO2/c1-3-4-9-17-14(16)11-15-10-13-8-6-5-7-12(13)2/h5-8,15H,3-4,9-11H2,1-2H3. The fourth-order valence-electron chi connectivity index (χ4n) is 1.49. The maximum atomic E-state index is 11.3. The van der Waals surface area contributed by atoms with E-state index in [4.69, 9.17) is 4.74 Å². The SMILES string of the molecule is CCCCOC(=O)CNCc1ccccc1C. The Balaban J connectivity index is 2.19. The molecule has 0 aliphatic rings. The summed E-state index contributed by atoms with van der Waals surface area (Å²) in [7, 11) is 0. The highest BCUT2D eigenvalue weighted by molar-refractivity contribution is 5.71. The molecule has 0 aliphatic carbocycles. The summed E-state index contributed by atoms with van der Waals surface area (Å²) >= 11 is 0. The number of benzene rings is 1. The number of nitrogens with one attached hydrogen (secondary N) is 1. The van der Waals surface area contributed by atoms with E-state index in [9.17, 15) is 4.79 Å². The fourth-order valence-corrected chi connectivity index (χ4v) is 1.49. The number of carbonyl (C=O) groups excluding carboxylic acids is 1. The lowest BCUT2D eigenvalue weighted by Gasteiger charge is -2.07. The van der Waals surface area contributed by atoms with Gasteiger partial charge in [0.25, 0.3) is 0 Å². The Morgan fingerprint density at radius 2 is 2.12 bits per heavy atom. The topological polar surface area (TPSA) is 38.3 Å². The molecule has 0 unspecified atom stereocenters. The lowest BCUT2D eigenvalue weighted by atomic mass is 10.1. The van der Waals surface area contributed by atoms with Crippen LogP contribution in [0.1, 0.15) is 30.9 Å². The summed E-state index contributed by atoms with van der Waals surface area (Å²) in [4.78, 5) is 11.3. The van der Waals surface area contributed by atoms with Gasteiger partial charge in [0, 0.05) is 6.54 Å². The summed E-state index contributed by atoms with van der Waals surface area (Å²) in [5.41, 5.74) is 2.45. The van der Waals surface area contributed by atoms with Crippen molar-refractivity contribution in [2.45, 2.75) is 33.2 Å². The quantitative estimate of drug-likeness (QED) is 0.582. The highest BCUT2D eigenvalue weighted by atomic mass is 16.5. The second kappa shape index (κ2) is 7.85. The molecule has 0 heterocycles. The summed E-state index contributed by atoms with van der Waals surface area (Å²) in [5, 5.41) is 3.09. The molecule has 0 bridgehead atoms. The van der Waals surface area contributed by atoms with Gasteiger partial charge in [0.15, 0.2) is 0 Å². The van der Waals surface area contributed by atoms with Crippen molar-refractivity contribution in [1.29, 1.82) is 0 Å². The van der Waals surface area contributed by atoms with Crippen molar-refractivity contribution in [2.24, 2.45) is 0 Å². The van der Waals surface area contributed by atoms with Crippen LogP contribution in [0.4, 0.5) is 0 Å². The Hall–Kier alpha value is -1.35. The molecule has 1 aromatic rings. The second-order valence-corrected chi connectivity index (χ2v) is 4.10. The smallest absolute Gasteiger partial charge is 0.319 e. The van der Waals surface area contributed by atoms with Gasteiger partial charge in [0.2, 0.25) is 0 Å². The van der Waals surface area contributed by atoms with Crippen molar-refractivity contribution in [3.05, 3.63) is 35.4 Å². The minimum Gasteiger partial charge on any atom is -0.465 e. The molecule has 3 heteroatoms. The van der Waals surface area contributed by atoms with E-state index in [0.717, 1.165) is 12.8 Å². The van der Waals surface area contributed by atoms with E-state index in [-0.39, 0.29) is 12.5 Å². The van der Waals surface area contributed by atoms with E-state index in [1.54, 1.807) is 0 Å². The first-order chi connectivity index (χ1) is 8.24. The minimum atomic E-state index is -0.174. The van der Waals surface area contributed by atoms with Crippen molar-refractivity contribution in [2.75, 3.05) is 13.2 Å². The first-order valence-corrected chi connectivity index (χ1v) is 6.15. The summed E-state index contributed by atoms with van der Waals surface area (Å²) in [6.07, 6.45) is 1.98. The molecule has 0 spiro atoms. The molecule has 1 aromatic carbocycles. The Labute approximate surface area is 103 Å². The second-order valence-electron chi connectivity index (χ2n) is 4.10. The first-order valence-electron chi connectivity index (χ1n) is 6.15. The number of aryl methyl sites for hydroxylation is 1. The fraction of sp³-hybridized carbons (Fsp3) is 0.500. The maximum Gasteiger partial charge on any atom is 0.319 e. The molecule has 0 radical (unpaired) electrons. The zero-order chi connectivity index (χ0) is 12.5. The molecule has 17 heavy (non-hydrogen) atoms. The van der Waals surface area contributed by atoms with Gasteiger partial charge >= 0.3 is 5.97 Å². The van der Waals surface area contributed by atoms with E-state index in [0.29, 0.717) is 13.2 Å². The predicted molar refractivity (Wildman–Crippen MR) is 68.8 cm³/mol. The van der Waals surface area contributed by atoms with Crippen molar-refractivity contribution >= 4 is 5.97 Å². The van der Waals surface area contributed by atoms with Crippen LogP contribution in [-0.4, -0.2) is 19.1 Å². The number of esters is 1. The third-order valence-corrected chi connectivity index (χ3v) is 2.61. The van der Waals surface area contributed by atoms with Crippen LogP contribution in [0.3, 0.4) is 0 Å². The van der Waals surface area contributed by atoms with Gasteiger partial charge in [-0.2, -0.15) is 0 Å². The van der Waals surface area contributed by atoms with Gasteiger partial charge in [-0.25, -0.2) is 0 Å². The van der Waals surface area contributed by atoms with Crippen LogP contribution in [0.2, 0.25) is 0 Å².